The second-order valence-electron chi connectivity index (χ2n) is 2.65. The molecule has 0 saturated heterocycles. The van der Waals surface area contributed by atoms with E-state index in [2.05, 4.69) is 4.98 Å². The van der Waals surface area contributed by atoms with Crippen molar-refractivity contribution in [3.63, 3.8) is 0 Å². The summed E-state index contributed by atoms with van der Waals surface area (Å²) in [7, 11) is 0. The minimum absolute atomic E-state index is 0.0306. The normalized spacial score (nSPS) is 14.7. The number of thioether (sulfide) groups is 1. The van der Waals surface area contributed by atoms with Gasteiger partial charge in [0.15, 0.2) is 0 Å². The third kappa shape index (κ3) is 1.20. The van der Waals surface area contributed by atoms with Crippen LogP contribution in [0.1, 0.15) is 11.4 Å². The highest BCUT2D eigenvalue weighted by molar-refractivity contribution is 7.98. The third-order valence-electron chi connectivity index (χ3n) is 1.82. The van der Waals surface area contributed by atoms with Gasteiger partial charge >= 0.3 is 5.97 Å². The molecule has 1 N–H and O–H groups in total. The van der Waals surface area contributed by atoms with E-state index in [0.717, 1.165) is 22.9 Å². The Morgan fingerprint density at radius 1 is 1.75 bits per heavy atom. The van der Waals surface area contributed by atoms with Crippen LogP contribution in [0.25, 0.3) is 0 Å². The van der Waals surface area contributed by atoms with Crippen LogP contribution in [0.2, 0.25) is 0 Å². The van der Waals surface area contributed by atoms with Crippen molar-refractivity contribution in [2.45, 2.75) is 18.1 Å². The zero-order valence-corrected chi connectivity index (χ0v) is 7.17. The molecule has 0 unspecified atom stereocenters. The lowest BCUT2D eigenvalue weighted by Gasteiger charge is -2.00. The van der Waals surface area contributed by atoms with E-state index in [4.69, 9.17) is 5.11 Å². The van der Waals surface area contributed by atoms with Gasteiger partial charge in [0, 0.05) is 11.5 Å². The first-order valence-electron chi connectivity index (χ1n) is 3.60. The van der Waals surface area contributed by atoms with Gasteiger partial charge in [-0.15, -0.1) is 11.8 Å². The molecule has 0 spiro atoms. The Morgan fingerprint density at radius 2 is 2.58 bits per heavy atom. The maximum absolute atomic E-state index is 10.4. The quantitative estimate of drug-likeness (QED) is 0.735. The summed E-state index contributed by atoms with van der Waals surface area (Å²) < 4.78 is 1.71. The van der Waals surface area contributed by atoms with Crippen LogP contribution in [0.15, 0.2) is 6.33 Å². The lowest BCUT2D eigenvalue weighted by atomic mass is 10.4. The molecule has 0 atom stereocenters. The van der Waals surface area contributed by atoms with Gasteiger partial charge in [-0.1, -0.05) is 0 Å². The Labute approximate surface area is 73.6 Å². The molecule has 0 bridgehead atoms. The van der Waals surface area contributed by atoms with E-state index in [1.54, 1.807) is 22.7 Å². The van der Waals surface area contributed by atoms with Crippen molar-refractivity contribution in [2.75, 3.05) is 0 Å². The number of hydrogen-bond acceptors (Lipinski definition) is 3. The molecule has 0 radical (unpaired) electrons. The van der Waals surface area contributed by atoms with E-state index in [1.807, 2.05) is 0 Å². The Kier molecular flexibility index (Phi) is 1.80. The van der Waals surface area contributed by atoms with Gasteiger partial charge < -0.3 is 9.67 Å². The molecule has 0 saturated carbocycles. The van der Waals surface area contributed by atoms with E-state index < -0.39 is 5.97 Å². The van der Waals surface area contributed by atoms with Crippen molar-refractivity contribution in [1.82, 2.24) is 9.55 Å². The number of aromatic nitrogens is 2. The summed E-state index contributed by atoms with van der Waals surface area (Å²) in [5, 5.41) is 8.56. The molecule has 0 fully saturated rings. The van der Waals surface area contributed by atoms with Crippen LogP contribution in [0.4, 0.5) is 0 Å². The van der Waals surface area contributed by atoms with Crippen molar-refractivity contribution >= 4 is 17.7 Å². The summed E-state index contributed by atoms with van der Waals surface area (Å²) in [6.45, 7) is 0.0306. The zero-order valence-electron chi connectivity index (χ0n) is 6.36. The molecule has 0 aromatic carbocycles. The van der Waals surface area contributed by atoms with E-state index in [1.165, 1.54) is 0 Å². The maximum atomic E-state index is 10.4. The Balaban J connectivity index is 2.27. The van der Waals surface area contributed by atoms with E-state index >= 15 is 0 Å². The average molecular weight is 184 g/mol. The van der Waals surface area contributed by atoms with Crippen LogP contribution in [0, 0.1) is 0 Å². The Bertz CT molecular complexity index is 321. The van der Waals surface area contributed by atoms with Gasteiger partial charge in [-0.2, -0.15) is 0 Å². The molecule has 0 amide bonds. The van der Waals surface area contributed by atoms with Crippen molar-refractivity contribution < 1.29 is 9.90 Å². The first-order valence-corrected chi connectivity index (χ1v) is 4.75. The van der Waals surface area contributed by atoms with Gasteiger partial charge in [-0.05, 0) is 0 Å². The van der Waals surface area contributed by atoms with Crippen LogP contribution in [0.5, 0.6) is 0 Å². The fourth-order valence-electron chi connectivity index (χ4n) is 1.26. The van der Waals surface area contributed by atoms with Gasteiger partial charge in [-0.3, -0.25) is 4.79 Å². The number of rotatable bonds is 2. The summed E-state index contributed by atoms with van der Waals surface area (Å²) in [6.07, 6.45) is 1.61. The highest BCUT2D eigenvalue weighted by atomic mass is 32.2. The number of carbonyl (C=O) groups is 1. The van der Waals surface area contributed by atoms with Gasteiger partial charge in [0.05, 0.1) is 17.7 Å². The topological polar surface area (TPSA) is 55.1 Å². The molecule has 1 aliphatic heterocycles. The Hall–Kier alpha value is -0.970. The molecule has 64 valence electrons. The fourth-order valence-corrected chi connectivity index (χ4v) is 2.32. The van der Waals surface area contributed by atoms with Gasteiger partial charge in [-0.25, -0.2) is 4.98 Å². The molecule has 5 heteroatoms. The maximum Gasteiger partial charge on any atom is 0.323 e. The predicted octanol–water partition coefficient (Wildman–Crippen LogP) is 0.715. The SMILES string of the molecule is O=C(O)Cn1cnc2c1CSC2. The van der Waals surface area contributed by atoms with Crippen molar-refractivity contribution in [2.24, 2.45) is 0 Å². The number of nitrogens with zero attached hydrogens (tertiary/aromatic N) is 2. The molecule has 1 aromatic heterocycles. The number of carboxylic acids is 1. The molecule has 12 heavy (non-hydrogen) atoms. The zero-order chi connectivity index (χ0) is 8.55. The summed E-state index contributed by atoms with van der Waals surface area (Å²) >= 11 is 1.77. The van der Waals surface area contributed by atoms with Crippen molar-refractivity contribution in [1.29, 1.82) is 0 Å². The second-order valence-corrected chi connectivity index (χ2v) is 3.64. The van der Waals surface area contributed by atoms with Gasteiger partial charge in [0.25, 0.3) is 0 Å². The van der Waals surface area contributed by atoms with E-state index in [9.17, 15) is 4.79 Å². The summed E-state index contributed by atoms with van der Waals surface area (Å²) in [5.41, 5.74) is 2.11. The molecular formula is C7H8N2O2S. The third-order valence-corrected chi connectivity index (χ3v) is 2.77. The summed E-state index contributed by atoms with van der Waals surface area (Å²) in [6, 6.07) is 0. The smallest absolute Gasteiger partial charge is 0.323 e. The van der Waals surface area contributed by atoms with Gasteiger partial charge in [0.2, 0.25) is 0 Å². The van der Waals surface area contributed by atoms with Crippen molar-refractivity contribution in [3.05, 3.63) is 17.7 Å². The van der Waals surface area contributed by atoms with Crippen LogP contribution in [-0.2, 0) is 22.8 Å². The molecule has 2 heterocycles. The number of fused-ring (bicyclic) bond motifs is 1. The van der Waals surface area contributed by atoms with Crippen LogP contribution in [0.3, 0.4) is 0 Å². The number of hydrogen-bond donors (Lipinski definition) is 1. The van der Waals surface area contributed by atoms with Crippen LogP contribution in [-0.4, -0.2) is 20.6 Å². The summed E-state index contributed by atoms with van der Waals surface area (Å²) in [5.74, 6) is 0.997. The molecule has 4 nitrogen and oxygen atoms in total. The average Bonchev–Trinajstić information content (AvgIpc) is 2.52. The molecular weight excluding hydrogens is 176 g/mol. The van der Waals surface area contributed by atoms with Gasteiger partial charge in [0.1, 0.15) is 6.54 Å². The lowest BCUT2D eigenvalue weighted by molar-refractivity contribution is -0.137. The highest BCUT2D eigenvalue weighted by Gasteiger charge is 2.17. The van der Waals surface area contributed by atoms with Crippen LogP contribution < -0.4 is 0 Å². The molecule has 1 aliphatic rings. The van der Waals surface area contributed by atoms with E-state index in [-0.39, 0.29) is 6.54 Å². The predicted molar refractivity (Wildman–Crippen MR) is 44.9 cm³/mol. The number of imidazole rings is 1. The minimum Gasteiger partial charge on any atom is -0.480 e. The molecule has 1 aromatic rings. The number of carboxylic acid groups (broad SMARTS) is 1. The summed E-state index contributed by atoms with van der Waals surface area (Å²) in [4.78, 5) is 14.5. The first-order chi connectivity index (χ1) is 5.77. The Morgan fingerprint density at radius 3 is 3.33 bits per heavy atom. The molecule has 2 rings (SSSR count). The van der Waals surface area contributed by atoms with E-state index in [0.29, 0.717) is 0 Å². The second kappa shape index (κ2) is 2.82. The first kappa shape index (κ1) is 7.67. The lowest BCUT2D eigenvalue weighted by Crippen LogP contribution is -2.09. The monoisotopic (exact) mass is 184 g/mol. The standard InChI is InChI=1S/C7H8N2O2S/c10-7(11)1-9-4-8-5-2-12-3-6(5)9/h4H,1-3H2,(H,10,11). The van der Waals surface area contributed by atoms with Crippen LogP contribution >= 0.6 is 11.8 Å². The van der Waals surface area contributed by atoms with Crippen molar-refractivity contribution in [3.8, 4) is 0 Å². The molecule has 0 aliphatic carbocycles. The fraction of sp³-hybridized carbons (Fsp3) is 0.429. The highest BCUT2D eigenvalue weighted by Crippen LogP contribution is 2.28. The minimum atomic E-state index is -0.813. The number of aliphatic carboxylic acids is 1. The largest absolute Gasteiger partial charge is 0.480 e.